The molecule has 0 aliphatic rings. The maximum Gasteiger partial charge on any atom is 0.0620 e. The van der Waals surface area contributed by atoms with Crippen molar-refractivity contribution in [2.24, 2.45) is 0 Å². The molecule has 0 unspecified atom stereocenters. The van der Waals surface area contributed by atoms with Crippen LogP contribution in [0.25, 0.3) is 110 Å². The number of hydrogen-bond acceptors (Lipinski definition) is 1. The van der Waals surface area contributed by atoms with Crippen molar-refractivity contribution in [3.05, 3.63) is 285 Å². The summed E-state index contributed by atoms with van der Waals surface area (Å²) in [7, 11) is 0. The fourth-order valence-electron chi connectivity index (χ4n) is 11.4. The molecule has 3 heteroatoms. The molecule has 0 atom stereocenters. The summed E-state index contributed by atoms with van der Waals surface area (Å²) in [6.07, 6.45) is 0. The van der Waals surface area contributed by atoms with Gasteiger partial charge in [-0.2, -0.15) is 0 Å². The third-order valence-electron chi connectivity index (χ3n) is 14.7. The molecule has 12 aromatic carbocycles. The van der Waals surface area contributed by atoms with E-state index in [0.717, 1.165) is 34.0 Å². The Balaban J connectivity index is 0.951. The van der Waals surface area contributed by atoms with Crippen LogP contribution >= 0.6 is 0 Å². The van der Waals surface area contributed by atoms with Crippen LogP contribution in [0.3, 0.4) is 0 Å². The van der Waals surface area contributed by atoms with Gasteiger partial charge in [0.25, 0.3) is 0 Å². The van der Waals surface area contributed by atoms with Crippen LogP contribution in [-0.2, 0) is 0 Å². The first kappa shape index (κ1) is 42.2. The number of nitrogens with zero attached hydrogens (tertiary/aromatic N) is 3. The Morgan fingerprint density at radius 2 is 0.795 bits per heavy atom. The molecule has 73 heavy (non-hydrogen) atoms. The molecular weight excluding hydrogens is 883 g/mol. The van der Waals surface area contributed by atoms with Crippen LogP contribution in [0.4, 0.5) is 17.1 Å². The van der Waals surface area contributed by atoms with Crippen LogP contribution in [0.15, 0.2) is 285 Å². The Hall–Kier alpha value is -9.70. The standard InChI is InChI=1S/C70H47N3/c1-5-19-48(20-6-1)49-35-39-55(40-36-49)71(57-43-46-67-64(47-57)61-30-15-16-33-66(61)72(67)54-27-11-4-12-28-54)56-41-37-51(38-42-56)58-31-18-32-62-60(58)44-45-63-68(52-22-7-2-8-23-52)69(53-24-9-3-10-25-53)73(70(62)63)65-34-17-26-50-21-13-14-29-59(50)65/h1-47H. The first-order chi connectivity index (χ1) is 36.2. The second-order valence-corrected chi connectivity index (χ2v) is 18.8. The highest BCUT2D eigenvalue weighted by molar-refractivity contribution is 6.19. The number of fused-ring (bicyclic) bond motifs is 7. The summed E-state index contributed by atoms with van der Waals surface area (Å²) in [5, 5.41) is 8.48. The second kappa shape index (κ2) is 17.6. The normalized spacial score (nSPS) is 11.6. The monoisotopic (exact) mass is 929 g/mol. The first-order valence-electron chi connectivity index (χ1n) is 25.1. The lowest BCUT2D eigenvalue weighted by Gasteiger charge is -2.26. The van der Waals surface area contributed by atoms with E-state index in [1.165, 1.54) is 93.3 Å². The van der Waals surface area contributed by atoms with E-state index >= 15 is 0 Å². The summed E-state index contributed by atoms with van der Waals surface area (Å²) in [6, 6.07) is 104. The molecule has 14 rings (SSSR count). The minimum Gasteiger partial charge on any atom is -0.310 e. The van der Waals surface area contributed by atoms with E-state index in [0.29, 0.717) is 0 Å². The van der Waals surface area contributed by atoms with Gasteiger partial charge in [-0.1, -0.05) is 218 Å². The van der Waals surface area contributed by atoms with Crippen molar-refractivity contribution in [1.29, 1.82) is 0 Å². The van der Waals surface area contributed by atoms with Gasteiger partial charge >= 0.3 is 0 Å². The number of hydrogen-bond donors (Lipinski definition) is 0. The molecule has 0 saturated carbocycles. The molecule has 0 spiro atoms. The number of benzene rings is 12. The van der Waals surface area contributed by atoms with E-state index in [-0.39, 0.29) is 0 Å². The van der Waals surface area contributed by atoms with Crippen molar-refractivity contribution in [2.45, 2.75) is 0 Å². The molecule has 2 aromatic heterocycles. The van der Waals surface area contributed by atoms with E-state index in [1.54, 1.807) is 0 Å². The topological polar surface area (TPSA) is 13.1 Å². The molecule has 0 bridgehead atoms. The van der Waals surface area contributed by atoms with E-state index < -0.39 is 0 Å². The van der Waals surface area contributed by atoms with Crippen LogP contribution < -0.4 is 4.90 Å². The van der Waals surface area contributed by atoms with Gasteiger partial charge in [0.05, 0.1) is 27.9 Å². The Bertz CT molecular complexity index is 4320. The van der Waals surface area contributed by atoms with Gasteiger partial charge in [-0.25, -0.2) is 0 Å². The third-order valence-corrected chi connectivity index (χ3v) is 14.7. The van der Waals surface area contributed by atoms with Crippen molar-refractivity contribution >= 4 is 71.3 Å². The number of para-hydroxylation sites is 2. The molecule has 2 heterocycles. The molecule has 14 aromatic rings. The molecule has 0 radical (unpaired) electrons. The first-order valence-corrected chi connectivity index (χ1v) is 25.1. The molecule has 0 aliphatic heterocycles. The quantitative estimate of drug-likeness (QED) is 0.141. The number of aromatic nitrogens is 2. The van der Waals surface area contributed by atoms with Gasteiger partial charge in [-0.3, -0.25) is 0 Å². The maximum absolute atomic E-state index is 2.54. The average molecular weight is 930 g/mol. The summed E-state index contributed by atoms with van der Waals surface area (Å²) in [6.45, 7) is 0. The predicted octanol–water partition coefficient (Wildman–Crippen LogP) is 19.2. The van der Waals surface area contributed by atoms with Crippen LogP contribution in [0, 0.1) is 0 Å². The fraction of sp³-hybridized carbons (Fsp3) is 0. The van der Waals surface area contributed by atoms with Gasteiger partial charge in [-0.05, 0) is 111 Å². The minimum atomic E-state index is 1.08. The summed E-state index contributed by atoms with van der Waals surface area (Å²) < 4.78 is 4.92. The maximum atomic E-state index is 2.54. The zero-order valence-corrected chi connectivity index (χ0v) is 40.0. The van der Waals surface area contributed by atoms with Crippen LogP contribution in [0.5, 0.6) is 0 Å². The Morgan fingerprint density at radius 3 is 1.52 bits per heavy atom. The molecule has 342 valence electrons. The highest BCUT2D eigenvalue weighted by atomic mass is 15.1. The third kappa shape index (κ3) is 7.13. The molecule has 0 saturated heterocycles. The van der Waals surface area contributed by atoms with Crippen LogP contribution in [-0.4, -0.2) is 9.13 Å². The van der Waals surface area contributed by atoms with Gasteiger partial charge in [0.2, 0.25) is 0 Å². The van der Waals surface area contributed by atoms with E-state index in [1.807, 2.05) is 0 Å². The lowest BCUT2D eigenvalue weighted by Crippen LogP contribution is -2.10. The highest BCUT2D eigenvalue weighted by Gasteiger charge is 2.25. The summed E-state index contributed by atoms with van der Waals surface area (Å²) in [4.78, 5) is 2.40. The van der Waals surface area contributed by atoms with Crippen LogP contribution in [0.2, 0.25) is 0 Å². The van der Waals surface area contributed by atoms with E-state index in [2.05, 4.69) is 299 Å². The smallest absolute Gasteiger partial charge is 0.0620 e. The van der Waals surface area contributed by atoms with Crippen molar-refractivity contribution in [3.8, 4) is 56.0 Å². The Kier molecular flexibility index (Phi) is 10.2. The molecule has 0 N–H and O–H groups in total. The zero-order valence-electron chi connectivity index (χ0n) is 40.0. The summed E-state index contributed by atoms with van der Waals surface area (Å²) in [5.74, 6) is 0. The largest absolute Gasteiger partial charge is 0.310 e. The molecule has 0 fully saturated rings. The molecular formula is C70H47N3. The lowest BCUT2D eigenvalue weighted by molar-refractivity contribution is 1.16. The van der Waals surface area contributed by atoms with Gasteiger partial charge in [0.15, 0.2) is 0 Å². The summed E-state index contributed by atoms with van der Waals surface area (Å²) >= 11 is 0. The van der Waals surface area contributed by atoms with Gasteiger partial charge in [-0.15, -0.1) is 0 Å². The van der Waals surface area contributed by atoms with Crippen LogP contribution in [0.1, 0.15) is 0 Å². The van der Waals surface area contributed by atoms with Crippen molar-refractivity contribution in [2.75, 3.05) is 4.90 Å². The molecule has 0 aliphatic carbocycles. The van der Waals surface area contributed by atoms with Gasteiger partial charge in [0.1, 0.15) is 0 Å². The average Bonchev–Trinajstić information content (AvgIpc) is 4.00. The number of rotatable bonds is 9. The van der Waals surface area contributed by atoms with E-state index in [9.17, 15) is 0 Å². The van der Waals surface area contributed by atoms with E-state index in [4.69, 9.17) is 0 Å². The molecule has 0 amide bonds. The van der Waals surface area contributed by atoms with Gasteiger partial charge < -0.3 is 14.0 Å². The number of anilines is 3. The predicted molar refractivity (Wildman–Crippen MR) is 309 cm³/mol. The summed E-state index contributed by atoms with van der Waals surface area (Å²) in [5.41, 5.74) is 18.6. The SMILES string of the molecule is c1ccc(-c2ccc(N(c3ccc(-c4cccc5c4ccc4c(-c6ccccc6)c(-c6ccccc6)n(-c6cccc7ccccc67)c45)cc3)c3ccc4c(c3)c3ccccc3n4-c3ccccc3)cc2)cc1. The Morgan fingerprint density at radius 1 is 0.274 bits per heavy atom. The Labute approximate surface area is 424 Å². The van der Waals surface area contributed by atoms with Crippen molar-refractivity contribution in [3.63, 3.8) is 0 Å². The zero-order chi connectivity index (χ0) is 48.2. The lowest BCUT2D eigenvalue weighted by atomic mass is 9.94. The second-order valence-electron chi connectivity index (χ2n) is 18.8. The van der Waals surface area contributed by atoms with Crippen molar-refractivity contribution in [1.82, 2.24) is 9.13 Å². The molecule has 3 nitrogen and oxygen atoms in total. The highest BCUT2D eigenvalue weighted by Crippen LogP contribution is 2.48. The van der Waals surface area contributed by atoms with Crippen molar-refractivity contribution < 1.29 is 0 Å². The van der Waals surface area contributed by atoms with Gasteiger partial charge in [0, 0.05) is 55.2 Å². The fourth-order valence-corrected chi connectivity index (χ4v) is 11.4. The minimum absolute atomic E-state index is 1.08.